The van der Waals surface area contributed by atoms with Crippen molar-refractivity contribution in [3.63, 3.8) is 0 Å². The van der Waals surface area contributed by atoms with Gasteiger partial charge in [0.1, 0.15) is 6.61 Å². The Morgan fingerprint density at radius 3 is 2.36 bits per heavy atom. The van der Waals surface area contributed by atoms with Gasteiger partial charge in [0, 0.05) is 11.5 Å². The second-order valence-electron chi connectivity index (χ2n) is 6.14. The molecule has 4 aromatic rings. The van der Waals surface area contributed by atoms with Crippen LogP contribution >= 0.6 is 0 Å². The first kappa shape index (κ1) is 15.4. The Balaban J connectivity index is 1.48. The molecule has 2 nitrogen and oxygen atoms in total. The zero-order chi connectivity index (χ0) is 17.1. The minimum atomic E-state index is 0.513. The van der Waals surface area contributed by atoms with Gasteiger partial charge in [-0.2, -0.15) is 0 Å². The fraction of sp³-hybridized carbons (Fsp3) is 0.0870. The van der Waals surface area contributed by atoms with Crippen molar-refractivity contribution in [3.8, 4) is 17.0 Å². The molecule has 0 N–H and O–H groups in total. The SMILES string of the molecule is Cc1ccccc1-c1ccc(COc2ccc3ccccc3n2)cc1. The summed E-state index contributed by atoms with van der Waals surface area (Å²) in [5, 5.41) is 1.12. The van der Waals surface area contributed by atoms with Gasteiger partial charge in [0.25, 0.3) is 0 Å². The van der Waals surface area contributed by atoms with Crippen molar-refractivity contribution >= 4 is 10.9 Å². The maximum Gasteiger partial charge on any atom is 0.214 e. The standard InChI is InChI=1S/C23H19NO/c1-17-6-2-4-8-21(17)19-12-10-18(11-13-19)16-25-23-15-14-20-7-3-5-9-22(20)24-23/h2-15H,16H2,1H3. The molecule has 0 saturated carbocycles. The Kier molecular flexibility index (Phi) is 4.17. The van der Waals surface area contributed by atoms with Crippen LogP contribution in [0.2, 0.25) is 0 Å². The van der Waals surface area contributed by atoms with Crippen molar-refractivity contribution < 1.29 is 4.74 Å². The Bertz CT molecular complexity index is 1010. The van der Waals surface area contributed by atoms with Gasteiger partial charge in [-0.15, -0.1) is 0 Å². The van der Waals surface area contributed by atoms with E-state index < -0.39 is 0 Å². The number of pyridine rings is 1. The van der Waals surface area contributed by atoms with Crippen LogP contribution in [0.3, 0.4) is 0 Å². The van der Waals surface area contributed by atoms with E-state index in [1.807, 2.05) is 30.3 Å². The zero-order valence-corrected chi connectivity index (χ0v) is 14.1. The first-order chi connectivity index (χ1) is 12.3. The van der Waals surface area contributed by atoms with Crippen molar-refractivity contribution in [1.29, 1.82) is 0 Å². The second-order valence-corrected chi connectivity index (χ2v) is 6.14. The summed E-state index contributed by atoms with van der Waals surface area (Å²) < 4.78 is 5.86. The summed E-state index contributed by atoms with van der Waals surface area (Å²) in [5.41, 5.74) is 5.87. The molecule has 0 unspecified atom stereocenters. The van der Waals surface area contributed by atoms with E-state index in [0.717, 1.165) is 16.5 Å². The van der Waals surface area contributed by atoms with Gasteiger partial charge in [-0.1, -0.05) is 66.7 Å². The van der Waals surface area contributed by atoms with Crippen molar-refractivity contribution in [2.45, 2.75) is 13.5 Å². The number of rotatable bonds is 4. The van der Waals surface area contributed by atoms with Crippen molar-refractivity contribution in [3.05, 3.63) is 96.1 Å². The highest BCUT2D eigenvalue weighted by Gasteiger charge is 2.03. The topological polar surface area (TPSA) is 22.1 Å². The smallest absolute Gasteiger partial charge is 0.214 e. The molecule has 0 amide bonds. The molecule has 0 spiro atoms. The fourth-order valence-electron chi connectivity index (χ4n) is 2.96. The lowest BCUT2D eigenvalue weighted by molar-refractivity contribution is 0.295. The summed E-state index contributed by atoms with van der Waals surface area (Å²) in [4.78, 5) is 4.54. The zero-order valence-electron chi connectivity index (χ0n) is 14.1. The summed E-state index contributed by atoms with van der Waals surface area (Å²) in [6, 6.07) is 29.0. The van der Waals surface area contributed by atoms with Gasteiger partial charge < -0.3 is 4.74 Å². The van der Waals surface area contributed by atoms with Crippen LogP contribution in [0, 0.1) is 6.92 Å². The summed E-state index contributed by atoms with van der Waals surface area (Å²) >= 11 is 0. The molecule has 0 aliphatic carbocycles. The third-order valence-corrected chi connectivity index (χ3v) is 4.37. The number of aryl methyl sites for hydroxylation is 1. The first-order valence-corrected chi connectivity index (χ1v) is 8.43. The predicted octanol–water partition coefficient (Wildman–Crippen LogP) is 5.79. The number of ether oxygens (including phenoxy) is 1. The summed E-state index contributed by atoms with van der Waals surface area (Å²) in [6.07, 6.45) is 0. The summed E-state index contributed by atoms with van der Waals surface area (Å²) in [5.74, 6) is 0.654. The van der Waals surface area contributed by atoms with Crippen LogP contribution < -0.4 is 4.74 Å². The molecule has 0 fully saturated rings. The van der Waals surface area contributed by atoms with Crippen LogP contribution in [-0.4, -0.2) is 4.98 Å². The first-order valence-electron chi connectivity index (χ1n) is 8.43. The number of para-hydroxylation sites is 1. The Morgan fingerprint density at radius 2 is 1.52 bits per heavy atom. The van der Waals surface area contributed by atoms with Gasteiger partial charge in [0.2, 0.25) is 5.88 Å². The average molecular weight is 325 g/mol. The van der Waals surface area contributed by atoms with Crippen molar-refractivity contribution in [1.82, 2.24) is 4.98 Å². The normalized spacial score (nSPS) is 10.8. The third kappa shape index (κ3) is 3.38. The van der Waals surface area contributed by atoms with Crippen LogP contribution in [-0.2, 0) is 6.61 Å². The van der Waals surface area contributed by atoms with E-state index in [1.54, 1.807) is 0 Å². The van der Waals surface area contributed by atoms with E-state index in [4.69, 9.17) is 4.74 Å². The molecule has 2 heteroatoms. The van der Waals surface area contributed by atoms with E-state index >= 15 is 0 Å². The molecule has 25 heavy (non-hydrogen) atoms. The van der Waals surface area contributed by atoms with Crippen LogP contribution in [0.25, 0.3) is 22.0 Å². The van der Waals surface area contributed by atoms with E-state index in [0.29, 0.717) is 12.5 Å². The monoisotopic (exact) mass is 325 g/mol. The molecule has 0 aliphatic rings. The van der Waals surface area contributed by atoms with Gasteiger partial charge >= 0.3 is 0 Å². The molecular formula is C23H19NO. The highest BCUT2D eigenvalue weighted by atomic mass is 16.5. The molecule has 0 aliphatic heterocycles. The maximum absolute atomic E-state index is 5.86. The molecule has 0 saturated heterocycles. The van der Waals surface area contributed by atoms with E-state index in [9.17, 15) is 0 Å². The lowest BCUT2D eigenvalue weighted by Crippen LogP contribution is -1.97. The van der Waals surface area contributed by atoms with Crippen LogP contribution in [0.1, 0.15) is 11.1 Å². The fourth-order valence-corrected chi connectivity index (χ4v) is 2.96. The number of nitrogens with zero attached hydrogens (tertiary/aromatic N) is 1. The minimum absolute atomic E-state index is 0.513. The molecule has 3 aromatic carbocycles. The minimum Gasteiger partial charge on any atom is -0.473 e. The number of hydrogen-bond acceptors (Lipinski definition) is 2. The highest BCUT2D eigenvalue weighted by molar-refractivity contribution is 5.78. The third-order valence-electron chi connectivity index (χ3n) is 4.37. The average Bonchev–Trinajstić information content (AvgIpc) is 2.67. The number of aromatic nitrogens is 1. The van der Waals surface area contributed by atoms with Gasteiger partial charge in [0.05, 0.1) is 5.52 Å². The van der Waals surface area contributed by atoms with Crippen molar-refractivity contribution in [2.24, 2.45) is 0 Å². The van der Waals surface area contributed by atoms with Gasteiger partial charge in [-0.3, -0.25) is 0 Å². The van der Waals surface area contributed by atoms with Crippen molar-refractivity contribution in [2.75, 3.05) is 0 Å². The lowest BCUT2D eigenvalue weighted by Gasteiger charge is -2.09. The maximum atomic E-state index is 5.86. The van der Waals surface area contributed by atoms with Crippen LogP contribution in [0.4, 0.5) is 0 Å². The summed E-state index contributed by atoms with van der Waals surface area (Å²) in [7, 11) is 0. The van der Waals surface area contributed by atoms with E-state index in [2.05, 4.69) is 66.5 Å². The van der Waals surface area contributed by atoms with E-state index in [1.165, 1.54) is 16.7 Å². The molecule has 1 aromatic heterocycles. The quantitative estimate of drug-likeness (QED) is 0.474. The van der Waals surface area contributed by atoms with Crippen LogP contribution in [0.15, 0.2) is 84.9 Å². The number of benzene rings is 3. The highest BCUT2D eigenvalue weighted by Crippen LogP contribution is 2.24. The van der Waals surface area contributed by atoms with E-state index in [-0.39, 0.29) is 0 Å². The second kappa shape index (κ2) is 6.78. The lowest BCUT2D eigenvalue weighted by atomic mass is 10.00. The molecule has 1 heterocycles. The summed E-state index contributed by atoms with van der Waals surface area (Å²) in [6.45, 7) is 2.65. The molecular weight excluding hydrogens is 306 g/mol. The van der Waals surface area contributed by atoms with Gasteiger partial charge in [-0.05, 0) is 41.3 Å². The van der Waals surface area contributed by atoms with Gasteiger partial charge in [0.15, 0.2) is 0 Å². The number of fused-ring (bicyclic) bond motifs is 1. The molecule has 4 rings (SSSR count). The molecule has 122 valence electrons. The van der Waals surface area contributed by atoms with Gasteiger partial charge in [-0.25, -0.2) is 4.98 Å². The Hall–Kier alpha value is -3.13. The van der Waals surface area contributed by atoms with Crippen LogP contribution in [0.5, 0.6) is 5.88 Å². The Labute approximate surface area is 147 Å². The predicted molar refractivity (Wildman–Crippen MR) is 103 cm³/mol. The molecule has 0 radical (unpaired) electrons. The molecule has 0 bridgehead atoms. The Morgan fingerprint density at radius 1 is 0.760 bits per heavy atom. The number of hydrogen-bond donors (Lipinski definition) is 0. The largest absolute Gasteiger partial charge is 0.473 e. The molecule has 0 atom stereocenters.